The predicted octanol–water partition coefficient (Wildman–Crippen LogP) is 0.369. The fourth-order valence-corrected chi connectivity index (χ4v) is 3.26. The second-order valence-corrected chi connectivity index (χ2v) is 5.01. The van der Waals surface area contributed by atoms with E-state index in [0.29, 0.717) is 13.1 Å². The number of nitrogens with zero attached hydrogens (tertiary/aromatic N) is 4. The third kappa shape index (κ3) is 2.29. The van der Waals surface area contributed by atoms with Gasteiger partial charge in [-0.3, -0.25) is 9.69 Å². The average molecular weight is 252 g/mol. The van der Waals surface area contributed by atoms with Crippen molar-refractivity contribution in [1.82, 2.24) is 10.2 Å². The molecular formula is C11H20N6O. The van der Waals surface area contributed by atoms with Gasteiger partial charge in [-0.15, -0.1) is 0 Å². The van der Waals surface area contributed by atoms with Crippen LogP contribution >= 0.6 is 0 Å². The summed E-state index contributed by atoms with van der Waals surface area (Å²) in [7, 11) is 0. The summed E-state index contributed by atoms with van der Waals surface area (Å²) in [5.41, 5.74) is 13.2. The van der Waals surface area contributed by atoms with E-state index in [0.717, 1.165) is 32.4 Å². The van der Waals surface area contributed by atoms with E-state index in [2.05, 4.69) is 20.2 Å². The molecule has 0 saturated carbocycles. The Labute approximate surface area is 106 Å². The first-order valence-electron chi connectivity index (χ1n) is 6.50. The molecular weight excluding hydrogens is 232 g/mol. The number of nitrogens with two attached hydrogens (primary N) is 1. The lowest BCUT2D eigenvalue weighted by Crippen LogP contribution is -2.63. The predicted molar refractivity (Wildman–Crippen MR) is 67.8 cm³/mol. The summed E-state index contributed by atoms with van der Waals surface area (Å²) < 4.78 is 0. The van der Waals surface area contributed by atoms with E-state index >= 15 is 0 Å². The molecule has 0 aliphatic carbocycles. The molecule has 0 aromatic carbocycles. The second-order valence-electron chi connectivity index (χ2n) is 5.01. The van der Waals surface area contributed by atoms with E-state index in [1.54, 1.807) is 0 Å². The third-order valence-corrected chi connectivity index (χ3v) is 4.13. The number of hydrogen-bond acceptors (Lipinski definition) is 4. The summed E-state index contributed by atoms with van der Waals surface area (Å²) in [5, 5.41) is 6.73. The molecule has 2 saturated heterocycles. The highest BCUT2D eigenvalue weighted by atomic mass is 16.1. The minimum absolute atomic E-state index is 0.204. The van der Waals surface area contributed by atoms with Gasteiger partial charge in [0.05, 0.1) is 0 Å². The number of nitrogens with one attached hydrogen (secondary N) is 1. The van der Waals surface area contributed by atoms with Crippen LogP contribution < -0.4 is 11.1 Å². The molecule has 0 aromatic heterocycles. The van der Waals surface area contributed by atoms with Crippen molar-refractivity contribution in [2.75, 3.05) is 26.2 Å². The Morgan fingerprint density at radius 3 is 3.11 bits per heavy atom. The third-order valence-electron chi connectivity index (χ3n) is 4.13. The van der Waals surface area contributed by atoms with E-state index in [1.165, 1.54) is 6.42 Å². The van der Waals surface area contributed by atoms with Crippen LogP contribution in [0, 0.1) is 0 Å². The number of azide groups is 1. The van der Waals surface area contributed by atoms with Crippen LogP contribution in [0.3, 0.4) is 0 Å². The quantitative estimate of drug-likeness (QED) is 0.319. The molecule has 2 unspecified atom stereocenters. The van der Waals surface area contributed by atoms with Crippen LogP contribution in [0.2, 0.25) is 0 Å². The van der Waals surface area contributed by atoms with Gasteiger partial charge in [-0.2, -0.15) is 0 Å². The van der Waals surface area contributed by atoms with Crippen molar-refractivity contribution in [2.24, 2.45) is 10.8 Å². The lowest BCUT2D eigenvalue weighted by atomic mass is 9.84. The molecule has 0 spiro atoms. The molecule has 0 aromatic rings. The largest absolute Gasteiger partial charge is 0.368 e. The van der Waals surface area contributed by atoms with Crippen molar-refractivity contribution in [3.05, 3.63) is 10.4 Å². The van der Waals surface area contributed by atoms with Gasteiger partial charge >= 0.3 is 0 Å². The first kappa shape index (κ1) is 13.1. The smallest absolute Gasteiger partial charge is 0.239 e. The van der Waals surface area contributed by atoms with Gasteiger partial charge < -0.3 is 11.1 Å². The lowest BCUT2D eigenvalue weighted by Gasteiger charge is -2.39. The Morgan fingerprint density at radius 2 is 2.39 bits per heavy atom. The van der Waals surface area contributed by atoms with Crippen LogP contribution in [0.4, 0.5) is 0 Å². The van der Waals surface area contributed by atoms with Gasteiger partial charge in [0.25, 0.3) is 0 Å². The van der Waals surface area contributed by atoms with Gasteiger partial charge in [0.1, 0.15) is 5.54 Å². The number of primary amides is 1. The van der Waals surface area contributed by atoms with Crippen LogP contribution in [0.1, 0.15) is 25.7 Å². The molecule has 2 rings (SSSR count). The van der Waals surface area contributed by atoms with E-state index in [-0.39, 0.29) is 11.9 Å². The highest BCUT2D eigenvalue weighted by Crippen LogP contribution is 2.34. The Bertz CT molecular complexity index is 367. The molecule has 2 aliphatic heterocycles. The summed E-state index contributed by atoms with van der Waals surface area (Å²) >= 11 is 0. The first-order chi connectivity index (χ1) is 8.70. The topological polar surface area (TPSA) is 107 Å². The van der Waals surface area contributed by atoms with Crippen molar-refractivity contribution in [3.8, 4) is 0 Å². The number of amides is 1. The minimum Gasteiger partial charge on any atom is -0.368 e. The van der Waals surface area contributed by atoms with E-state index < -0.39 is 5.54 Å². The van der Waals surface area contributed by atoms with Gasteiger partial charge in [0.15, 0.2) is 0 Å². The maximum absolute atomic E-state index is 11.9. The molecule has 18 heavy (non-hydrogen) atoms. The van der Waals surface area contributed by atoms with Crippen molar-refractivity contribution in [2.45, 2.75) is 37.3 Å². The Hall–Kier alpha value is -1.30. The normalized spacial score (nSPS) is 31.7. The van der Waals surface area contributed by atoms with Crippen molar-refractivity contribution < 1.29 is 4.79 Å². The summed E-state index contributed by atoms with van der Waals surface area (Å²) in [5.74, 6) is -0.280. The molecule has 0 radical (unpaired) electrons. The molecule has 7 nitrogen and oxygen atoms in total. The molecule has 2 heterocycles. The van der Waals surface area contributed by atoms with Gasteiger partial charge in [-0.1, -0.05) is 11.5 Å². The highest BCUT2D eigenvalue weighted by Gasteiger charge is 2.51. The number of hydrogen-bond donors (Lipinski definition) is 2. The minimum atomic E-state index is -0.634. The van der Waals surface area contributed by atoms with Crippen LogP contribution in [0.5, 0.6) is 0 Å². The summed E-state index contributed by atoms with van der Waals surface area (Å²) in [6.45, 7) is 2.81. The van der Waals surface area contributed by atoms with E-state index in [4.69, 9.17) is 11.3 Å². The lowest BCUT2D eigenvalue weighted by molar-refractivity contribution is -0.125. The fourth-order valence-electron chi connectivity index (χ4n) is 3.26. The monoisotopic (exact) mass is 252 g/mol. The Balaban J connectivity index is 2.06. The molecule has 100 valence electrons. The average Bonchev–Trinajstić information content (AvgIpc) is 2.75. The second kappa shape index (κ2) is 5.56. The Morgan fingerprint density at radius 1 is 1.56 bits per heavy atom. The van der Waals surface area contributed by atoms with Crippen LogP contribution in [-0.2, 0) is 4.79 Å². The number of fused-ring (bicyclic) bond motifs is 1. The molecule has 2 fully saturated rings. The van der Waals surface area contributed by atoms with Crippen LogP contribution in [0.15, 0.2) is 5.11 Å². The zero-order chi connectivity index (χ0) is 13.0. The number of piperidine rings is 1. The zero-order valence-electron chi connectivity index (χ0n) is 10.5. The highest BCUT2D eigenvalue weighted by molar-refractivity contribution is 5.86. The molecule has 2 atom stereocenters. The molecule has 2 aliphatic rings. The van der Waals surface area contributed by atoms with Gasteiger partial charge in [0, 0.05) is 30.6 Å². The molecule has 3 N–H and O–H groups in total. The molecule has 7 heteroatoms. The Kier molecular flexibility index (Phi) is 4.06. The van der Waals surface area contributed by atoms with Crippen LogP contribution in [-0.4, -0.2) is 48.6 Å². The van der Waals surface area contributed by atoms with Crippen LogP contribution in [0.25, 0.3) is 10.4 Å². The van der Waals surface area contributed by atoms with E-state index in [1.807, 2.05) is 0 Å². The van der Waals surface area contributed by atoms with Gasteiger partial charge in [-0.05, 0) is 31.3 Å². The summed E-state index contributed by atoms with van der Waals surface area (Å²) in [6, 6.07) is 0.204. The van der Waals surface area contributed by atoms with Crippen molar-refractivity contribution >= 4 is 5.91 Å². The zero-order valence-corrected chi connectivity index (χ0v) is 10.5. The maximum atomic E-state index is 11.9. The molecule has 1 amide bonds. The van der Waals surface area contributed by atoms with E-state index in [9.17, 15) is 4.79 Å². The number of carbonyl (C=O) groups excluding carboxylic acids is 1. The van der Waals surface area contributed by atoms with Crippen molar-refractivity contribution in [1.29, 1.82) is 0 Å². The summed E-state index contributed by atoms with van der Waals surface area (Å²) in [6.07, 6.45) is 4.11. The summed E-state index contributed by atoms with van der Waals surface area (Å²) in [4.78, 5) is 16.9. The number of rotatable bonds is 5. The SMILES string of the molecule is [N-]=[N+]=NCCNC1(C(N)=O)CCN2CCCCC21. The van der Waals surface area contributed by atoms with Crippen molar-refractivity contribution in [3.63, 3.8) is 0 Å². The number of carbonyl (C=O) groups is 1. The maximum Gasteiger partial charge on any atom is 0.239 e. The first-order valence-corrected chi connectivity index (χ1v) is 6.50. The van der Waals surface area contributed by atoms with Gasteiger partial charge in [0.2, 0.25) is 5.91 Å². The van der Waals surface area contributed by atoms with Gasteiger partial charge in [-0.25, -0.2) is 0 Å². The fraction of sp³-hybridized carbons (Fsp3) is 0.909. The molecule has 0 bridgehead atoms. The standard InChI is InChI=1S/C11H20N6O/c12-10(18)11(14-5-6-15-16-13)4-8-17-7-2-1-3-9(11)17/h9,14H,1-8H2,(H2,12,18).